The molecule has 1 aromatic carbocycles. The van der Waals surface area contributed by atoms with Crippen LogP contribution in [0.5, 0.6) is 0 Å². The van der Waals surface area contributed by atoms with Gasteiger partial charge in [0.2, 0.25) is 0 Å². The molecule has 0 aromatic heterocycles. The Balaban J connectivity index is 3.04. The number of nitro groups is 1. The zero-order valence-corrected chi connectivity index (χ0v) is 7.15. The van der Waals surface area contributed by atoms with Crippen LogP contribution in [0.25, 0.3) is 0 Å². The summed E-state index contributed by atoms with van der Waals surface area (Å²) in [4.78, 5) is 9.76. The molecule has 1 aromatic rings. The van der Waals surface area contributed by atoms with Crippen molar-refractivity contribution in [2.45, 2.75) is 0 Å². The summed E-state index contributed by atoms with van der Waals surface area (Å²) in [7, 11) is 0. The summed E-state index contributed by atoms with van der Waals surface area (Å²) in [6.45, 7) is 0. The standard InChI is InChI=1S/C6H6N2O4S/c9-8(10)6-4-2-1-3-5(6)7-13(11)12/h1-4,7H,(H,11,12). The lowest BCUT2D eigenvalue weighted by molar-refractivity contribution is -0.383. The Morgan fingerprint density at radius 2 is 2.08 bits per heavy atom. The van der Waals surface area contributed by atoms with Crippen LogP contribution in [0.3, 0.4) is 0 Å². The maximum Gasteiger partial charge on any atom is 0.293 e. The van der Waals surface area contributed by atoms with Crippen molar-refractivity contribution in [3.63, 3.8) is 0 Å². The molecule has 0 aliphatic rings. The fourth-order valence-electron chi connectivity index (χ4n) is 0.813. The maximum absolute atomic E-state index is 10.4. The van der Waals surface area contributed by atoms with Crippen molar-refractivity contribution in [1.82, 2.24) is 0 Å². The van der Waals surface area contributed by atoms with Gasteiger partial charge in [0.25, 0.3) is 17.0 Å². The number of nitro benzene ring substituents is 1. The van der Waals surface area contributed by atoms with Gasteiger partial charge in [-0.2, -0.15) is 0 Å². The SMILES string of the molecule is O=[N+]([O-])c1ccccc1NS(=O)O. The second kappa shape index (κ2) is 3.97. The van der Waals surface area contributed by atoms with Crippen LogP contribution in [0.15, 0.2) is 24.3 Å². The predicted molar refractivity (Wildman–Crippen MR) is 47.5 cm³/mol. The zero-order chi connectivity index (χ0) is 9.84. The van der Waals surface area contributed by atoms with E-state index in [0.29, 0.717) is 0 Å². The molecule has 0 radical (unpaired) electrons. The van der Waals surface area contributed by atoms with Crippen LogP contribution >= 0.6 is 0 Å². The Morgan fingerprint density at radius 1 is 1.46 bits per heavy atom. The van der Waals surface area contributed by atoms with Gasteiger partial charge in [0.05, 0.1) is 4.92 Å². The van der Waals surface area contributed by atoms with Gasteiger partial charge in [-0.25, -0.2) is 4.21 Å². The lowest BCUT2D eigenvalue weighted by atomic mass is 10.3. The van der Waals surface area contributed by atoms with Gasteiger partial charge in [0.15, 0.2) is 0 Å². The monoisotopic (exact) mass is 202 g/mol. The molecule has 0 aliphatic heterocycles. The molecule has 0 fully saturated rings. The molecule has 0 saturated heterocycles. The molecule has 0 amide bonds. The van der Waals surface area contributed by atoms with E-state index >= 15 is 0 Å². The number of para-hydroxylation sites is 2. The summed E-state index contributed by atoms with van der Waals surface area (Å²) in [5.41, 5.74) is -0.210. The van der Waals surface area contributed by atoms with Crippen LogP contribution in [0.4, 0.5) is 11.4 Å². The average Bonchev–Trinajstić information content (AvgIpc) is 2.03. The van der Waals surface area contributed by atoms with E-state index in [4.69, 9.17) is 4.55 Å². The first-order valence-corrected chi connectivity index (χ1v) is 4.33. The number of rotatable bonds is 3. The molecule has 0 spiro atoms. The van der Waals surface area contributed by atoms with E-state index in [-0.39, 0.29) is 11.4 Å². The largest absolute Gasteiger partial charge is 0.293 e. The van der Waals surface area contributed by atoms with Crippen LogP contribution in [0.1, 0.15) is 0 Å². The molecule has 70 valence electrons. The highest BCUT2D eigenvalue weighted by atomic mass is 32.2. The van der Waals surface area contributed by atoms with Crippen molar-refractivity contribution in [2.24, 2.45) is 0 Å². The molecular weight excluding hydrogens is 196 g/mol. The summed E-state index contributed by atoms with van der Waals surface area (Å²) < 4.78 is 20.8. The van der Waals surface area contributed by atoms with E-state index in [0.717, 1.165) is 0 Å². The molecule has 0 bridgehead atoms. The number of benzene rings is 1. The van der Waals surface area contributed by atoms with Crippen molar-refractivity contribution in [2.75, 3.05) is 4.72 Å². The summed E-state index contributed by atoms with van der Waals surface area (Å²) in [6, 6.07) is 5.60. The molecule has 0 saturated carbocycles. The van der Waals surface area contributed by atoms with Gasteiger partial charge < -0.3 is 0 Å². The maximum atomic E-state index is 10.4. The normalized spacial score (nSPS) is 12.1. The fourth-order valence-corrected chi connectivity index (χ4v) is 1.17. The zero-order valence-electron chi connectivity index (χ0n) is 6.34. The Hall–Kier alpha value is -1.47. The molecule has 2 N–H and O–H groups in total. The Kier molecular flexibility index (Phi) is 2.93. The summed E-state index contributed by atoms with van der Waals surface area (Å²) in [6.07, 6.45) is 0. The first-order chi connectivity index (χ1) is 6.11. The molecule has 1 unspecified atom stereocenters. The van der Waals surface area contributed by atoms with Gasteiger partial charge in [0.1, 0.15) is 5.69 Å². The number of hydrogen-bond acceptors (Lipinski definition) is 3. The van der Waals surface area contributed by atoms with Crippen LogP contribution in [-0.4, -0.2) is 13.7 Å². The van der Waals surface area contributed by atoms with Crippen LogP contribution < -0.4 is 4.72 Å². The third-order valence-corrected chi connectivity index (χ3v) is 1.69. The summed E-state index contributed by atoms with van der Waals surface area (Å²) in [5, 5.41) is 10.4. The molecular formula is C6H6N2O4S. The van der Waals surface area contributed by atoms with Crippen molar-refractivity contribution in [1.29, 1.82) is 0 Å². The lowest BCUT2D eigenvalue weighted by Gasteiger charge is -2.00. The smallest absolute Gasteiger partial charge is 0.289 e. The molecule has 0 aliphatic carbocycles. The Morgan fingerprint density at radius 3 is 2.62 bits per heavy atom. The minimum atomic E-state index is -2.30. The topological polar surface area (TPSA) is 92.5 Å². The highest BCUT2D eigenvalue weighted by molar-refractivity contribution is 7.80. The van der Waals surface area contributed by atoms with E-state index in [1.54, 1.807) is 0 Å². The van der Waals surface area contributed by atoms with Crippen molar-refractivity contribution in [3.8, 4) is 0 Å². The first kappa shape index (κ1) is 9.62. The highest BCUT2D eigenvalue weighted by Gasteiger charge is 2.12. The molecule has 7 heteroatoms. The quantitative estimate of drug-likeness (QED) is 0.436. The molecule has 6 nitrogen and oxygen atoms in total. The van der Waals surface area contributed by atoms with E-state index in [2.05, 4.69) is 0 Å². The third kappa shape index (κ3) is 2.49. The van der Waals surface area contributed by atoms with Gasteiger partial charge in [-0.05, 0) is 6.07 Å². The lowest BCUT2D eigenvalue weighted by Crippen LogP contribution is -2.04. The van der Waals surface area contributed by atoms with E-state index in [9.17, 15) is 14.3 Å². The summed E-state index contributed by atoms with van der Waals surface area (Å²) >= 11 is -2.30. The van der Waals surface area contributed by atoms with Gasteiger partial charge >= 0.3 is 0 Å². The first-order valence-electron chi connectivity index (χ1n) is 3.22. The highest BCUT2D eigenvalue weighted by Crippen LogP contribution is 2.22. The molecule has 1 atom stereocenters. The van der Waals surface area contributed by atoms with Crippen molar-refractivity contribution < 1.29 is 13.7 Å². The van der Waals surface area contributed by atoms with Crippen molar-refractivity contribution >= 4 is 22.6 Å². The molecule has 1 rings (SSSR count). The molecule has 13 heavy (non-hydrogen) atoms. The second-order valence-corrected chi connectivity index (χ2v) is 2.83. The Bertz CT molecular complexity index is 354. The average molecular weight is 202 g/mol. The Labute approximate surface area is 76.1 Å². The minimum Gasteiger partial charge on any atom is -0.289 e. The van der Waals surface area contributed by atoms with Crippen LogP contribution in [0, 0.1) is 10.1 Å². The molecule has 0 heterocycles. The minimum absolute atomic E-state index is 0.0216. The summed E-state index contributed by atoms with van der Waals surface area (Å²) in [5.74, 6) is 0. The predicted octanol–water partition coefficient (Wildman–Crippen LogP) is 1.14. The van der Waals surface area contributed by atoms with Gasteiger partial charge in [-0.1, -0.05) is 12.1 Å². The number of nitrogens with zero attached hydrogens (tertiary/aromatic N) is 1. The van der Waals surface area contributed by atoms with E-state index in [1.165, 1.54) is 24.3 Å². The van der Waals surface area contributed by atoms with Gasteiger partial charge in [-0.3, -0.25) is 19.4 Å². The van der Waals surface area contributed by atoms with E-state index in [1.807, 2.05) is 4.72 Å². The number of anilines is 1. The fraction of sp³-hybridized carbons (Fsp3) is 0. The van der Waals surface area contributed by atoms with Crippen LogP contribution in [-0.2, 0) is 11.3 Å². The number of hydrogen-bond donors (Lipinski definition) is 2. The number of nitrogens with one attached hydrogen (secondary N) is 1. The van der Waals surface area contributed by atoms with Crippen LogP contribution in [0.2, 0.25) is 0 Å². The van der Waals surface area contributed by atoms with E-state index < -0.39 is 16.2 Å². The van der Waals surface area contributed by atoms with Gasteiger partial charge in [-0.15, -0.1) is 0 Å². The second-order valence-electron chi connectivity index (χ2n) is 2.13. The van der Waals surface area contributed by atoms with Crippen molar-refractivity contribution in [3.05, 3.63) is 34.4 Å². The third-order valence-electron chi connectivity index (χ3n) is 1.30. The van der Waals surface area contributed by atoms with Gasteiger partial charge in [0, 0.05) is 6.07 Å².